The van der Waals surface area contributed by atoms with Gasteiger partial charge in [0.15, 0.2) is 5.65 Å². The summed E-state index contributed by atoms with van der Waals surface area (Å²) in [6.45, 7) is 1.06. The Bertz CT molecular complexity index is 1560. The van der Waals surface area contributed by atoms with Gasteiger partial charge in [-0.25, -0.2) is 9.50 Å². The first-order valence-electron chi connectivity index (χ1n) is 12.8. The molecule has 0 bridgehead atoms. The van der Waals surface area contributed by atoms with E-state index in [0.29, 0.717) is 21.7 Å². The van der Waals surface area contributed by atoms with E-state index in [1.807, 2.05) is 0 Å². The summed E-state index contributed by atoms with van der Waals surface area (Å²) in [5, 5.41) is 7.05. The number of halogens is 3. The summed E-state index contributed by atoms with van der Waals surface area (Å²) >= 11 is 0. The third-order valence-corrected chi connectivity index (χ3v) is 7.59. The summed E-state index contributed by atoms with van der Waals surface area (Å²) in [5.74, 6) is -1.93. The molecule has 2 aromatic heterocycles. The average molecular weight is 534 g/mol. The Morgan fingerprint density at radius 2 is 1.69 bits per heavy atom. The SMILES string of the molecule is Cc1nc2cc(C3CC3)nn2c2c1C[C@@](C(=O)NCc1ccccc1)(C(F)(F)F)N(Cc1ccccc1)C2=O. The fraction of sp³-hybridized carbons (Fsp3) is 0.310. The van der Waals surface area contributed by atoms with Gasteiger partial charge in [-0.3, -0.25) is 9.59 Å². The number of fused-ring (bicyclic) bond motifs is 3. The Balaban J connectivity index is 1.51. The van der Waals surface area contributed by atoms with Gasteiger partial charge in [0.1, 0.15) is 5.69 Å². The van der Waals surface area contributed by atoms with Crippen LogP contribution in [0.15, 0.2) is 66.7 Å². The number of benzene rings is 2. The molecule has 1 saturated carbocycles. The smallest absolute Gasteiger partial charge is 0.350 e. The molecule has 2 aliphatic rings. The van der Waals surface area contributed by atoms with E-state index in [4.69, 9.17) is 0 Å². The highest BCUT2D eigenvalue weighted by Crippen LogP contribution is 2.45. The first kappa shape index (κ1) is 25.1. The van der Waals surface area contributed by atoms with Crippen molar-refractivity contribution < 1.29 is 22.8 Å². The van der Waals surface area contributed by atoms with Crippen LogP contribution in [0.25, 0.3) is 5.65 Å². The standard InChI is InChI=1S/C29H26F3N5O2/c1-18-22-15-28(29(30,31)32,27(39)33-16-19-8-4-2-5-9-19)36(17-20-10-6-3-7-11-20)26(38)25(22)37-24(34-18)14-23(35-37)21-12-13-21/h2-11,14,21H,12-13,15-17H2,1H3,(H,33,39)/t28-/m1/s1. The van der Waals surface area contributed by atoms with Gasteiger partial charge in [0.05, 0.1) is 5.69 Å². The van der Waals surface area contributed by atoms with Gasteiger partial charge < -0.3 is 10.2 Å². The van der Waals surface area contributed by atoms with Crippen LogP contribution < -0.4 is 5.32 Å². The molecule has 7 nitrogen and oxygen atoms in total. The number of nitrogens with one attached hydrogen (secondary N) is 1. The molecule has 10 heteroatoms. The third kappa shape index (κ3) is 4.24. The molecule has 1 atom stereocenters. The molecule has 6 rings (SSSR count). The lowest BCUT2D eigenvalue weighted by Gasteiger charge is -2.46. The lowest BCUT2D eigenvalue weighted by atomic mass is 9.81. The molecule has 2 aromatic carbocycles. The van der Waals surface area contributed by atoms with Crippen LogP contribution in [-0.2, 0) is 24.3 Å². The molecule has 2 amide bonds. The van der Waals surface area contributed by atoms with Crippen LogP contribution in [0.3, 0.4) is 0 Å². The van der Waals surface area contributed by atoms with Crippen molar-refractivity contribution in [1.82, 2.24) is 24.8 Å². The summed E-state index contributed by atoms with van der Waals surface area (Å²) in [4.78, 5) is 33.0. The number of carbonyl (C=O) groups is 2. The maximum atomic E-state index is 15.3. The summed E-state index contributed by atoms with van der Waals surface area (Å²) in [6.07, 6.45) is -3.91. The fourth-order valence-corrected chi connectivity index (χ4v) is 5.32. The zero-order valence-corrected chi connectivity index (χ0v) is 21.2. The van der Waals surface area contributed by atoms with Gasteiger partial charge in [0.25, 0.3) is 11.8 Å². The van der Waals surface area contributed by atoms with E-state index >= 15 is 13.2 Å². The Morgan fingerprint density at radius 3 is 2.31 bits per heavy atom. The Hall–Kier alpha value is -4.21. The van der Waals surface area contributed by atoms with Crippen LogP contribution in [0, 0.1) is 6.92 Å². The second kappa shape index (κ2) is 9.21. The molecule has 1 N–H and O–H groups in total. The largest absolute Gasteiger partial charge is 0.421 e. The number of hydrogen-bond donors (Lipinski definition) is 1. The Morgan fingerprint density at radius 1 is 1.05 bits per heavy atom. The predicted molar refractivity (Wildman–Crippen MR) is 137 cm³/mol. The Labute approximate surface area is 222 Å². The van der Waals surface area contributed by atoms with Crippen molar-refractivity contribution in [3.05, 3.63) is 101 Å². The Kier molecular flexibility index (Phi) is 5.93. The molecule has 0 spiro atoms. The molecule has 1 aliphatic carbocycles. The van der Waals surface area contributed by atoms with Crippen LogP contribution in [0.5, 0.6) is 0 Å². The number of nitrogens with zero attached hydrogens (tertiary/aromatic N) is 4. The molecule has 4 aromatic rings. The van der Waals surface area contributed by atoms with Crippen molar-refractivity contribution in [2.24, 2.45) is 0 Å². The van der Waals surface area contributed by atoms with Gasteiger partial charge in [-0.1, -0.05) is 60.7 Å². The lowest BCUT2D eigenvalue weighted by molar-refractivity contribution is -0.224. The van der Waals surface area contributed by atoms with Crippen molar-refractivity contribution in [3.63, 3.8) is 0 Å². The first-order valence-corrected chi connectivity index (χ1v) is 12.8. The van der Waals surface area contributed by atoms with Crippen LogP contribution >= 0.6 is 0 Å². The zero-order chi connectivity index (χ0) is 27.4. The number of carbonyl (C=O) groups excluding carboxylic acids is 2. The van der Waals surface area contributed by atoms with E-state index in [9.17, 15) is 9.59 Å². The number of aromatic nitrogens is 3. The molecular weight excluding hydrogens is 507 g/mol. The van der Waals surface area contributed by atoms with Gasteiger partial charge in [0, 0.05) is 42.8 Å². The van der Waals surface area contributed by atoms with Crippen molar-refractivity contribution in [2.45, 2.75) is 56.9 Å². The topological polar surface area (TPSA) is 79.6 Å². The summed E-state index contributed by atoms with van der Waals surface area (Å²) in [6, 6.07) is 18.9. The number of aryl methyl sites for hydroxylation is 1. The number of hydrogen-bond acceptors (Lipinski definition) is 4. The number of rotatable bonds is 6. The van der Waals surface area contributed by atoms with E-state index in [2.05, 4.69) is 15.4 Å². The van der Waals surface area contributed by atoms with E-state index in [-0.39, 0.29) is 29.4 Å². The quantitative estimate of drug-likeness (QED) is 0.389. The summed E-state index contributed by atoms with van der Waals surface area (Å²) < 4.78 is 47.1. The van der Waals surface area contributed by atoms with Gasteiger partial charge >= 0.3 is 6.18 Å². The van der Waals surface area contributed by atoms with E-state index in [1.54, 1.807) is 73.7 Å². The molecule has 200 valence electrons. The molecular formula is C29H26F3N5O2. The fourth-order valence-electron chi connectivity index (χ4n) is 5.32. The molecule has 39 heavy (non-hydrogen) atoms. The summed E-state index contributed by atoms with van der Waals surface area (Å²) in [7, 11) is 0. The van der Waals surface area contributed by atoms with Gasteiger partial charge in [-0.15, -0.1) is 0 Å². The molecule has 3 heterocycles. The highest BCUT2D eigenvalue weighted by atomic mass is 19.4. The highest BCUT2D eigenvalue weighted by Gasteiger charge is 2.67. The third-order valence-electron chi connectivity index (χ3n) is 7.59. The number of amides is 2. The minimum Gasteiger partial charge on any atom is -0.350 e. The van der Waals surface area contributed by atoms with Crippen molar-refractivity contribution in [1.29, 1.82) is 0 Å². The van der Waals surface area contributed by atoms with E-state index in [0.717, 1.165) is 18.5 Å². The van der Waals surface area contributed by atoms with Crippen LogP contribution in [0.4, 0.5) is 13.2 Å². The monoisotopic (exact) mass is 533 g/mol. The first-order chi connectivity index (χ1) is 18.7. The highest BCUT2D eigenvalue weighted by molar-refractivity contribution is 6.02. The molecule has 0 radical (unpaired) electrons. The molecule has 1 aliphatic heterocycles. The summed E-state index contributed by atoms with van der Waals surface area (Å²) in [5.41, 5.74) is -0.472. The predicted octanol–water partition coefficient (Wildman–Crippen LogP) is 4.73. The van der Waals surface area contributed by atoms with Crippen LogP contribution in [0.1, 0.15) is 57.3 Å². The zero-order valence-electron chi connectivity index (χ0n) is 21.2. The number of alkyl halides is 3. The van der Waals surface area contributed by atoms with Crippen molar-refractivity contribution in [3.8, 4) is 0 Å². The van der Waals surface area contributed by atoms with Gasteiger partial charge in [-0.2, -0.15) is 18.3 Å². The second-order valence-electron chi connectivity index (χ2n) is 10.2. The lowest BCUT2D eigenvalue weighted by Crippen LogP contribution is -2.71. The maximum Gasteiger partial charge on any atom is 0.421 e. The van der Waals surface area contributed by atoms with E-state index < -0.39 is 36.5 Å². The van der Waals surface area contributed by atoms with Gasteiger partial charge in [0.2, 0.25) is 5.54 Å². The molecule has 0 saturated heterocycles. The van der Waals surface area contributed by atoms with Crippen LogP contribution in [0.2, 0.25) is 0 Å². The average Bonchev–Trinajstić information content (AvgIpc) is 3.69. The maximum absolute atomic E-state index is 15.3. The van der Waals surface area contributed by atoms with Crippen molar-refractivity contribution >= 4 is 17.5 Å². The molecule has 0 unspecified atom stereocenters. The minimum atomic E-state index is -5.08. The normalized spacial score (nSPS) is 19.3. The van der Waals surface area contributed by atoms with E-state index in [1.165, 1.54) is 4.52 Å². The van der Waals surface area contributed by atoms with Crippen molar-refractivity contribution in [2.75, 3.05) is 0 Å². The van der Waals surface area contributed by atoms with Gasteiger partial charge in [-0.05, 0) is 30.9 Å². The molecule has 1 fully saturated rings. The second-order valence-corrected chi connectivity index (χ2v) is 10.2. The minimum absolute atomic E-state index is 0.0241. The van der Waals surface area contributed by atoms with Crippen LogP contribution in [-0.4, -0.2) is 43.0 Å².